The molecule has 1 unspecified atom stereocenters. The van der Waals surface area contributed by atoms with Gasteiger partial charge in [0.1, 0.15) is 22.5 Å². The Labute approximate surface area is 155 Å². The van der Waals surface area contributed by atoms with E-state index in [1.807, 2.05) is 47.2 Å². The Morgan fingerprint density at radius 2 is 2.32 bits per heavy atom. The number of carbonyl (C=O) groups is 1. The molecule has 1 amide bonds. The third-order valence-corrected chi connectivity index (χ3v) is 6.94. The van der Waals surface area contributed by atoms with Gasteiger partial charge in [-0.3, -0.25) is 9.78 Å². The Bertz CT molecular complexity index is 744. The van der Waals surface area contributed by atoms with Gasteiger partial charge in [-0.2, -0.15) is 0 Å². The second kappa shape index (κ2) is 6.88. The predicted octanol–water partition coefficient (Wildman–Crippen LogP) is 3.32. The maximum atomic E-state index is 12.7. The topological polar surface area (TPSA) is 51.7 Å². The fourth-order valence-corrected chi connectivity index (χ4v) is 5.69. The largest absolute Gasteiger partial charge is 0.492 e. The van der Waals surface area contributed by atoms with Crippen molar-refractivity contribution in [2.75, 3.05) is 25.4 Å². The minimum absolute atomic E-state index is 0.0845. The van der Waals surface area contributed by atoms with E-state index in [-0.39, 0.29) is 16.8 Å². The Morgan fingerprint density at radius 1 is 1.44 bits per heavy atom. The Kier molecular flexibility index (Phi) is 4.60. The predicted molar refractivity (Wildman–Crippen MR) is 99.9 cm³/mol. The normalized spacial score (nSPS) is 21.2. The highest BCUT2D eigenvalue weighted by Gasteiger charge is 2.51. The van der Waals surface area contributed by atoms with Gasteiger partial charge in [0.05, 0.1) is 17.6 Å². The van der Waals surface area contributed by atoms with Crippen LogP contribution in [0, 0.1) is 0 Å². The molecule has 5 nitrogen and oxygen atoms in total. The zero-order chi connectivity index (χ0) is 17.3. The Morgan fingerprint density at radius 3 is 3.08 bits per heavy atom. The fourth-order valence-electron chi connectivity index (χ4n) is 3.37. The lowest BCUT2D eigenvalue weighted by Gasteiger charge is -2.47. The summed E-state index contributed by atoms with van der Waals surface area (Å²) in [5, 5.41) is 1.91. The minimum atomic E-state index is 0.0845. The first-order chi connectivity index (χ1) is 12.2. The number of rotatable bonds is 5. The van der Waals surface area contributed by atoms with Crippen molar-refractivity contribution in [3.63, 3.8) is 0 Å². The number of thiophene rings is 1. The first kappa shape index (κ1) is 16.7. The molecule has 2 fully saturated rings. The van der Waals surface area contributed by atoms with Crippen LogP contribution in [0.1, 0.15) is 23.0 Å². The number of carbonyl (C=O) groups excluding carboxylic acids is 1. The SMILES string of the molecule is CCOc1ccsc1C(=O)N1CC2(CC(Oc3cccnc3)CS2)C1. The van der Waals surface area contributed by atoms with Crippen molar-refractivity contribution in [1.29, 1.82) is 0 Å². The molecule has 25 heavy (non-hydrogen) atoms. The van der Waals surface area contributed by atoms with E-state index in [0.717, 1.165) is 31.0 Å². The summed E-state index contributed by atoms with van der Waals surface area (Å²) in [5.74, 6) is 2.56. The van der Waals surface area contributed by atoms with Gasteiger partial charge >= 0.3 is 0 Å². The van der Waals surface area contributed by atoms with E-state index >= 15 is 0 Å². The summed E-state index contributed by atoms with van der Waals surface area (Å²) < 4.78 is 11.7. The number of amides is 1. The Hall–Kier alpha value is -1.73. The van der Waals surface area contributed by atoms with Crippen LogP contribution in [0.25, 0.3) is 0 Å². The number of nitrogens with zero attached hydrogens (tertiary/aromatic N) is 2. The molecule has 2 aromatic rings. The second-order valence-corrected chi connectivity index (χ2v) is 8.74. The van der Waals surface area contributed by atoms with Gasteiger partial charge in [-0.05, 0) is 30.5 Å². The minimum Gasteiger partial charge on any atom is -0.492 e. The lowest BCUT2D eigenvalue weighted by molar-refractivity contribution is 0.0519. The van der Waals surface area contributed by atoms with Gasteiger partial charge in [-0.15, -0.1) is 23.1 Å². The summed E-state index contributed by atoms with van der Waals surface area (Å²) in [5.41, 5.74) is 0. The summed E-state index contributed by atoms with van der Waals surface area (Å²) in [6.07, 6.45) is 4.65. The Balaban J connectivity index is 1.34. The molecule has 1 spiro atoms. The van der Waals surface area contributed by atoms with E-state index in [4.69, 9.17) is 9.47 Å². The molecule has 4 rings (SSSR count). The van der Waals surface area contributed by atoms with Gasteiger partial charge in [0.25, 0.3) is 5.91 Å². The van der Waals surface area contributed by atoms with Crippen LogP contribution < -0.4 is 9.47 Å². The van der Waals surface area contributed by atoms with E-state index in [9.17, 15) is 4.79 Å². The van der Waals surface area contributed by atoms with Gasteiger partial charge < -0.3 is 14.4 Å². The molecule has 1 atom stereocenters. The average molecular weight is 377 g/mol. The van der Waals surface area contributed by atoms with Crippen molar-refractivity contribution >= 4 is 29.0 Å². The molecule has 2 aliphatic heterocycles. The summed E-state index contributed by atoms with van der Waals surface area (Å²) in [7, 11) is 0. The molecule has 2 saturated heterocycles. The van der Waals surface area contributed by atoms with Crippen molar-refractivity contribution in [2.24, 2.45) is 0 Å². The molecule has 0 aromatic carbocycles. The molecule has 2 aliphatic rings. The van der Waals surface area contributed by atoms with Crippen LogP contribution in [0.5, 0.6) is 11.5 Å². The monoisotopic (exact) mass is 376 g/mol. The van der Waals surface area contributed by atoms with Gasteiger partial charge in [0, 0.05) is 31.5 Å². The molecule has 0 aliphatic carbocycles. The van der Waals surface area contributed by atoms with Gasteiger partial charge in [0.2, 0.25) is 0 Å². The zero-order valence-electron chi connectivity index (χ0n) is 14.0. The molecule has 0 radical (unpaired) electrons. The number of pyridine rings is 1. The maximum Gasteiger partial charge on any atom is 0.267 e. The molecule has 2 aromatic heterocycles. The van der Waals surface area contributed by atoms with Crippen LogP contribution >= 0.6 is 23.1 Å². The summed E-state index contributed by atoms with van der Waals surface area (Å²) >= 11 is 3.38. The van der Waals surface area contributed by atoms with Crippen molar-refractivity contribution in [2.45, 2.75) is 24.2 Å². The molecule has 7 heteroatoms. The van der Waals surface area contributed by atoms with Crippen molar-refractivity contribution in [1.82, 2.24) is 9.88 Å². The van der Waals surface area contributed by atoms with E-state index in [0.29, 0.717) is 17.2 Å². The summed E-state index contributed by atoms with van der Waals surface area (Å²) in [6.45, 7) is 4.08. The van der Waals surface area contributed by atoms with E-state index in [2.05, 4.69) is 4.98 Å². The third kappa shape index (κ3) is 3.35. The van der Waals surface area contributed by atoms with E-state index in [1.165, 1.54) is 11.3 Å². The lowest BCUT2D eigenvalue weighted by atomic mass is 9.92. The van der Waals surface area contributed by atoms with Crippen LogP contribution in [0.2, 0.25) is 0 Å². The van der Waals surface area contributed by atoms with Crippen LogP contribution in [0.4, 0.5) is 0 Å². The number of likely N-dealkylation sites (tertiary alicyclic amines) is 1. The molecular weight excluding hydrogens is 356 g/mol. The van der Waals surface area contributed by atoms with E-state index in [1.54, 1.807) is 12.4 Å². The maximum absolute atomic E-state index is 12.7. The van der Waals surface area contributed by atoms with Crippen LogP contribution in [0.15, 0.2) is 36.0 Å². The van der Waals surface area contributed by atoms with Gasteiger partial charge in [-0.25, -0.2) is 0 Å². The first-order valence-electron chi connectivity index (χ1n) is 8.39. The average Bonchev–Trinajstić information content (AvgIpc) is 3.21. The number of hydrogen-bond donors (Lipinski definition) is 0. The fraction of sp³-hybridized carbons (Fsp3) is 0.444. The smallest absolute Gasteiger partial charge is 0.267 e. The molecular formula is C18H20N2O3S2. The zero-order valence-corrected chi connectivity index (χ0v) is 15.6. The molecule has 4 heterocycles. The third-order valence-electron chi connectivity index (χ3n) is 4.48. The standard InChI is InChI=1S/C18H20N2O3S2/c1-2-22-15-5-7-24-16(15)17(21)20-11-18(12-20)8-14(10-25-18)23-13-4-3-6-19-9-13/h3-7,9,14H,2,8,10-12H2,1H3. The van der Waals surface area contributed by atoms with Crippen LogP contribution in [-0.4, -0.2) is 52.1 Å². The van der Waals surface area contributed by atoms with Crippen LogP contribution in [0.3, 0.4) is 0 Å². The van der Waals surface area contributed by atoms with Gasteiger partial charge in [0.15, 0.2) is 0 Å². The number of aromatic nitrogens is 1. The number of thioether (sulfide) groups is 1. The molecule has 0 saturated carbocycles. The highest BCUT2D eigenvalue weighted by molar-refractivity contribution is 8.01. The molecule has 132 valence electrons. The number of hydrogen-bond acceptors (Lipinski definition) is 6. The highest BCUT2D eigenvalue weighted by atomic mass is 32.2. The first-order valence-corrected chi connectivity index (χ1v) is 10.3. The summed E-state index contributed by atoms with van der Waals surface area (Å²) in [4.78, 5) is 19.4. The second-order valence-electron chi connectivity index (χ2n) is 6.33. The number of ether oxygens (including phenoxy) is 2. The quantitative estimate of drug-likeness (QED) is 0.801. The van der Waals surface area contributed by atoms with E-state index < -0.39 is 0 Å². The lowest BCUT2D eigenvalue weighted by Crippen LogP contribution is -2.60. The molecule has 0 N–H and O–H groups in total. The highest BCUT2D eigenvalue weighted by Crippen LogP contribution is 2.47. The van der Waals surface area contributed by atoms with Crippen LogP contribution in [-0.2, 0) is 0 Å². The molecule has 0 bridgehead atoms. The van der Waals surface area contributed by atoms with Crippen molar-refractivity contribution < 1.29 is 14.3 Å². The van der Waals surface area contributed by atoms with Crippen molar-refractivity contribution in [3.05, 3.63) is 40.8 Å². The van der Waals surface area contributed by atoms with Gasteiger partial charge in [-0.1, -0.05) is 0 Å². The summed E-state index contributed by atoms with van der Waals surface area (Å²) in [6, 6.07) is 5.69. The van der Waals surface area contributed by atoms with Crippen molar-refractivity contribution in [3.8, 4) is 11.5 Å².